The molecule has 1 aromatic rings. The zero-order chi connectivity index (χ0) is 13.1. The average molecular weight is 254 g/mol. The summed E-state index contributed by atoms with van der Waals surface area (Å²) in [7, 11) is 0. The van der Waals surface area contributed by atoms with Gasteiger partial charge in [0.2, 0.25) is 0 Å². The summed E-state index contributed by atoms with van der Waals surface area (Å²) in [5.41, 5.74) is 0.562. The predicted octanol–water partition coefficient (Wildman–Crippen LogP) is 3.41. The highest BCUT2D eigenvalue weighted by Gasteiger charge is 2.24. The topological polar surface area (TPSA) is 26.3 Å². The molecule has 1 aromatic carbocycles. The highest BCUT2D eigenvalue weighted by atomic mass is 19.2. The Labute approximate surface area is 105 Å². The van der Waals surface area contributed by atoms with Crippen LogP contribution in [0.25, 0.3) is 0 Å². The molecule has 0 amide bonds. The van der Waals surface area contributed by atoms with Gasteiger partial charge in [-0.05, 0) is 37.8 Å². The van der Waals surface area contributed by atoms with Crippen LogP contribution in [0.1, 0.15) is 31.2 Å². The zero-order valence-corrected chi connectivity index (χ0v) is 10.3. The molecule has 2 nitrogen and oxygen atoms in total. The second kappa shape index (κ2) is 5.46. The number of hydrogen-bond donors (Lipinski definition) is 0. The van der Waals surface area contributed by atoms with E-state index in [9.17, 15) is 13.6 Å². The van der Waals surface area contributed by atoms with Crippen LogP contribution in [0.5, 0.6) is 5.75 Å². The minimum absolute atomic E-state index is 0.0793. The van der Waals surface area contributed by atoms with E-state index in [1.807, 2.05) is 0 Å². The SMILES string of the molecule is Cc1cc(F)c(F)cc1OCCC1CCCC1=O. The van der Waals surface area contributed by atoms with Crippen molar-refractivity contribution in [3.05, 3.63) is 29.3 Å². The van der Waals surface area contributed by atoms with E-state index in [0.29, 0.717) is 36.5 Å². The number of hydrogen-bond acceptors (Lipinski definition) is 2. The Morgan fingerprint density at radius 3 is 2.72 bits per heavy atom. The molecule has 0 spiro atoms. The van der Waals surface area contributed by atoms with Gasteiger partial charge in [-0.15, -0.1) is 0 Å². The van der Waals surface area contributed by atoms with E-state index < -0.39 is 11.6 Å². The van der Waals surface area contributed by atoms with Crippen molar-refractivity contribution in [2.75, 3.05) is 6.61 Å². The van der Waals surface area contributed by atoms with Crippen molar-refractivity contribution < 1.29 is 18.3 Å². The van der Waals surface area contributed by atoms with E-state index >= 15 is 0 Å². The molecule has 0 N–H and O–H groups in total. The molecule has 1 saturated carbocycles. The van der Waals surface area contributed by atoms with Crippen LogP contribution in [0.3, 0.4) is 0 Å². The van der Waals surface area contributed by atoms with Crippen molar-refractivity contribution >= 4 is 5.78 Å². The molecule has 1 unspecified atom stereocenters. The van der Waals surface area contributed by atoms with Gasteiger partial charge in [-0.3, -0.25) is 4.79 Å². The fourth-order valence-corrected chi connectivity index (χ4v) is 2.29. The molecule has 0 bridgehead atoms. The van der Waals surface area contributed by atoms with Crippen LogP contribution in [-0.4, -0.2) is 12.4 Å². The summed E-state index contributed by atoms with van der Waals surface area (Å²) in [6, 6.07) is 2.17. The third-order valence-corrected chi connectivity index (χ3v) is 3.37. The molecule has 1 aliphatic carbocycles. The molecule has 1 aliphatic rings. The Bertz CT molecular complexity index is 457. The number of benzene rings is 1. The standard InChI is InChI=1S/C14H16F2O2/c1-9-7-11(15)12(16)8-14(9)18-6-5-10-3-2-4-13(10)17/h7-8,10H,2-6H2,1H3. The van der Waals surface area contributed by atoms with Gasteiger partial charge in [0.15, 0.2) is 11.6 Å². The van der Waals surface area contributed by atoms with Crippen molar-refractivity contribution in [1.82, 2.24) is 0 Å². The van der Waals surface area contributed by atoms with Crippen LogP contribution in [-0.2, 0) is 4.79 Å². The van der Waals surface area contributed by atoms with E-state index in [0.717, 1.165) is 25.0 Å². The smallest absolute Gasteiger partial charge is 0.162 e. The fraction of sp³-hybridized carbons (Fsp3) is 0.500. The largest absolute Gasteiger partial charge is 0.493 e. The first kappa shape index (κ1) is 13.0. The number of Topliss-reactive ketones (excluding diaryl/α,β-unsaturated/α-hetero) is 1. The minimum Gasteiger partial charge on any atom is -0.493 e. The summed E-state index contributed by atoms with van der Waals surface area (Å²) in [5.74, 6) is -1.06. The molecule has 4 heteroatoms. The maximum absolute atomic E-state index is 13.0. The monoisotopic (exact) mass is 254 g/mol. The molecule has 18 heavy (non-hydrogen) atoms. The lowest BCUT2D eigenvalue weighted by Gasteiger charge is -2.12. The summed E-state index contributed by atoms with van der Waals surface area (Å²) in [6.07, 6.45) is 3.18. The number of ketones is 1. The van der Waals surface area contributed by atoms with E-state index in [2.05, 4.69) is 0 Å². The van der Waals surface area contributed by atoms with Crippen molar-refractivity contribution in [1.29, 1.82) is 0 Å². The molecule has 98 valence electrons. The van der Waals surface area contributed by atoms with Gasteiger partial charge < -0.3 is 4.74 Å². The van der Waals surface area contributed by atoms with Gasteiger partial charge in [-0.1, -0.05) is 0 Å². The Morgan fingerprint density at radius 2 is 2.06 bits per heavy atom. The predicted molar refractivity (Wildman–Crippen MR) is 63.6 cm³/mol. The van der Waals surface area contributed by atoms with Crippen molar-refractivity contribution in [3.8, 4) is 5.75 Å². The van der Waals surface area contributed by atoms with Gasteiger partial charge in [-0.25, -0.2) is 8.78 Å². The number of ether oxygens (including phenoxy) is 1. The average Bonchev–Trinajstić information content (AvgIpc) is 2.72. The van der Waals surface area contributed by atoms with E-state index in [4.69, 9.17) is 4.74 Å². The van der Waals surface area contributed by atoms with Crippen molar-refractivity contribution in [2.45, 2.75) is 32.6 Å². The third-order valence-electron chi connectivity index (χ3n) is 3.37. The lowest BCUT2D eigenvalue weighted by molar-refractivity contribution is -0.121. The Hall–Kier alpha value is -1.45. The number of aryl methyl sites for hydroxylation is 1. The quantitative estimate of drug-likeness (QED) is 0.823. The first-order valence-corrected chi connectivity index (χ1v) is 6.19. The second-order valence-corrected chi connectivity index (χ2v) is 4.72. The summed E-state index contributed by atoms with van der Waals surface area (Å²) in [4.78, 5) is 11.4. The molecule has 0 radical (unpaired) electrons. The normalized spacial score (nSPS) is 19.3. The van der Waals surface area contributed by atoms with E-state index in [1.54, 1.807) is 6.92 Å². The molecule has 0 heterocycles. The summed E-state index contributed by atoms with van der Waals surface area (Å²) < 4.78 is 31.4. The van der Waals surface area contributed by atoms with Crippen molar-refractivity contribution in [3.63, 3.8) is 0 Å². The van der Waals surface area contributed by atoms with Gasteiger partial charge in [0.05, 0.1) is 6.61 Å². The van der Waals surface area contributed by atoms with Gasteiger partial charge in [0, 0.05) is 18.4 Å². The third kappa shape index (κ3) is 2.86. The highest BCUT2D eigenvalue weighted by molar-refractivity contribution is 5.82. The van der Waals surface area contributed by atoms with Gasteiger partial charge in [0.1, 0.15) is 11.5 Å². The van der Waals surface area contributed by atoms with Crippen LogP contribution in [0.2, 0.25) is 0 Å². The van der Waals surface area contributed by atoms with Crippen LogP contribution in [0.15, 0.2) is 12.1 Å². The number of carbonyl (C=O) groups is 1. The Kier molecular flexibility index (Phi) is 3.94. The first-order valence-electron chi connectivity index (χ1n) is 6.19. The van der Waals surface area contributed by atoms with Crippen LogP contribution in [0.4, 0.5) is 8.78 Å². The Morgan fingerprint density at radius 1 is 1.33 bits per heavy atom. The number of carbonyl (C=O) groups excluding carboxylic acids is 1. The number of rotatable bonds is 4. The maximum atomic E-state index is 13.0. The fourth-order valence-electron chi connectivity index (χ4n) is 2.29. The van der Waals surface area contributed by atoms with Crippen LogP contribution >= 0.6 is 0 Å². The maximum Gasteiger partial charge on any atom is 0.162 e. The molecule has 0 aliphatic heterocycles. The number of halogens is 2. The summed E-state index contributed by atoms with van der Waals surface area (Å²) >= 11 is 0. The molecular weight excluding hydrogens is 238 g/mol. The molecule has 1 fully saturated rings. The molecule has 2 rings (SSSR count). The Balaban J connectivity index is 1.90. The van der Waals surface area contributed by atoms with Crippen LogP contribution in [0, 0.1) is 24.5 Å². The molecule has 0 aromatic heterocycles. The molecule has 0 saturated heterocycles. The lowest BCUT2D eigenvalue weighted by atomic mass is 10.0. The van der Waals surface area contributed by atoms with Gasteiger partial charge >= 0.3 is 0 Å². The highest BCUT2D eigenvalue weighted by Crippen LogP contribution is 2.26. The summed E-state index contributed by atoms with van der Waals surface area (Å²) in [6.45, 7) is 2.03. The van der Waals surface area contributed by atoms with Gasteiger partial charge in [0.25, 0.3) is 0 Å². The van der Waals surface area contributed by atoms with Gasteiger partial charge in [-0.2, -0.15) is 0 Å². The first-order chi connectivity index (χ1) is 8.58. The van der Waals surface area contributed by atoms with E-state index in [-0.39, 0.29) is 5.92 Å². The second-order valence-electron chi connectivity index (χ2n) is 4.72. The van der Waals surface area contributed by atoms with Crippen molar-refractivity contribution in [2.24, 2.45) is 5.92 Å². The minimum atomic E-state index is -0.910. The summed E-state index contributed by atoms with van der Waals surface area (Å²) in [5, 5.41) is 0. The van der Waals surface area contributed by atoms with E-state index in [1.165, 1.54) is 0 Å². The molecular formula is C14H16F2O2. The molecule has 1 atom stereocenters. The lowest BCUT2D eigenvalue weighted by Crippen LogP contribution is -2.11. The van der Waals surface area contributed by atoms with Crippen LogP contribution < -0.4 is 4.74 Å². The zero-order valence-electron chi connectivity index (χ0n) is 10.3.